The van der Waals surface area contributed by atoms with Gasteiger partial charge in [-0.1, -0.05) is 18.2 Å². The highest BCUT2D eigenvalue weighted by Crippen LogP contribution is 2.18. The number of aliphatic carboxylic acids is 2. The quantitative estimate of drug-likeness (QED) is 0.456. The zero-order valence-corrected chi connectivity index (χ0v) is 13.4. The van der Waals surface area contributed by atoms with Gasteiger partial charge in [0.25, 0.3) is 0 Å². The molecule has 0 aliphatic heterocycles. The van der Waals surface area contributed by atoms with E-state index in [4.69, 9.17) is 31.0 Å². The lowest BCUT2D eigenvalue weighted by atomic mass is 10.1. The van der Waals surface area contributed by atoms with Crippen LogP contribution in [0.4, 0.5) is 13.2 Å². The number of benzene rings is 1. The van der Waals surface area contributed by atoms with Gasteiger partial charge in [0.05, 0.1) is 13.2 Å². The number of hydrogen-bond acceptors (Lipinski definition) is 5. The molecular formula is C15H19F3N2O6. The molecule has 1 aromatic heterocycles. The number of aliphatic hydroxyl groups is 2. The van der Waals surface area contributed by atoms with E-state index in [1.807, 2.05) is 30.5 Å². The first-order chi connectivity index (χ1) is 12.0. The summed E-state index contributed by atoms with van der Waals surface area (Å²) in [5, 5.41) is 32.1. The molecule has 0 spiro atoms. The second-order valence-electron chi connectivity index (χ2n) is 4.76. The first-order valence-electron chi connectivity index (χ1n) is 7.09. The Morgan fingerprint density at radius 3 is 2.04 bits per heavy atom. The maximum Gasteiger partial charge on any atom is 0.490 e. The number of carbonyl (C=O) groups is 2. The normalized spacial score (nSPS) is 11.6. The Morgan fingerprint density at radius 1 is 1.12 bits per heavy atom. The Labute approximate surface area is 145 Å². The van der Waals surface area contributed by atoms with Crippen LogP contribution in [0.3, 0.4) is 0 Å². The number of carboxylic acid groups (broad SMARTS) is 2. The van der Waals surface area contributed by atoms with Gasteiger partial charge in [-0.3, -0.25) is 4.79 Å². The number of carboxylic acids is 2. The first-order valence-corrected chi connectivity index (χ1v) is 7.09. The molecule has 0 fully saturated rings. The number of halogens is 3. The van der Waals surface area contributed by atoms with Gasteiger partial charge in [-0.05, 0) is 11.6 Å². The van der Waals surface area contributed by atoms with Crippen LogP contribution in [-0.4, -0.2) is 62.8 Å². The summed E-state index contributed by atoms with van der Waals surface area (Å²) in [6.45, 7) is -0.250. The smallest absolute Gasteiger partial charge is 0.480 e. The van der Waals surface area contributed by atoms with Crippen molar-refractivity contribution in [2.75, 3.05) is 13.2 Å². The molecule has 1 atom stereocenters. The second kappa shape index (κ2) is 11.1. The molecule has 1 heterocycles. The number of alkyl halides is 3. The number of hydrogen-bond donors (Lipinski definition) is 6. The summed E-state index contributed by atoms with van der Waals surface area (Å²) in [5.41, 5.74) is 7.43. The van der Waals surface area contributed by atoms with E-state index in [0.29, 0.717) is 6.42 Å². The maximum atomic E-state index is 10.6. The minimum absolute atomic E-state index is 0.125. The lowest BCUT2D eigenvalue weighted by molar-refractivity contribution is -0.192. The summed E-state index contributed by atoms with van der Waals surface area (Å²) in [6, 6.07) is 6.91. The van der Waals surface area contributed by atoms with Crippen LogP contribution in [0.25, 0.3) is 10.9 Å². The molecule has 1 unspecified atom stereocenters. The van der Waals surface area contributed by atoms with Gasteiger partial charge in [-0.15, -0.1) is 0 Å². The van der Waals surface area contributed by atoms with Gasteiger partial charge in [0.15, 0.2) is 0 Å². The fourth-order valence-corrected chi connectivity index (χ4v) is 1.62. The van der Waals surface area contributed by atoms with E-state index in [9.17, 15) is 18.0 Å². The van der Waals surface area contributed by atoms with Gasteiger partial charge in [0.1, 0.15) is 6.04 Å². The van der Waals surface area contributed by atoms with Gasteiger partial charge in [0, 0.05) is 23.5 Å². The SMILES string of the molecule is NC(Cc1c[nH]c2ccccc12)C(=O)O.O=C(O)C(F)(F)F.OCCO. The monoisotopic (exact) mass is 380 g/mol. The van der Waals surface area contributed by atoms with Crippen molar-refractivity contribution in [2.45, 2.75) is 18.6 Å². The molecule has 0 saturated carbocycles. The summed E-state index contributed by atoms with van der Waals surface area (Å²) in [5.74, 6) is -3.73. The summed E-state index contributed by atoms with van der Waals surface area (Å²) in [4.78, 5) is 22.6. The predicted molar refractivity (Wildman–Crippen MR) is 85.5 cm³/mol. The van der Waals surface area contributed by atoms with Crippen LogP contribution in [0.1, 0.15) is 5.56 Å². The van der Waals surface area contributed by atoms with Crippen molar-refractivity contribution in [3.63, 3.8) is 0 Å². The van der Waals surface area contributed by atoms with Crippen LogP contribution in [0.15, 0.2) is 30.5 Å². The molecule has 1 aromatic carbocycles. The van der Waals surface area contributed by atoms with Crippen LogP contribution in [0, 0.1) is 0 Å². The molecule has 146 valence electrons. The number of fused-ring (bicyclic) bond motifs is 1. The highest BCUT2D eigenvalue weighted by atomic mass is 19.4. The highest BCUT2D eigenvalue weighted by Gasteiger charge is 2.38. The third-order valence-corrected chi connectivity index (χ3v) is 2.77. The summed E-state index contributed by atoms with van der Waals surface area (Å²) >= 11 is 0. The van der Waals surface area contributed by atoms with E-state index in [0.717, 1.165) is 16.5 Å². The average Bonchev–Trinajstić information content (AvgIpc) is 2.98. The molecule has 8 nitrogen and oxygen atoms in total. The first kappa shape index (κ1) is 23.4. The molecule has 26 heavy (non-hydrogen) atoms. The van der Waals surface area contributed by atoms with Crippen LogP contribution in [-0.2, 0) is 16.0 Å². The van der Waals surface area contributed by atoms with Crippen molar-refractivity contribution in [3.05, 3.63) is 36.0 Å². The summed E-state index contributed by atoms with van der Waals surface area (Å²) in [6.07, 6.45) is -2.92. The molecule has 0 amide bonds. The topological polar surface area (TPSA) is 157 Å². The predicted octanol–water partition coefficient (Wildman–Crippen LogP) is 0.727. The van der Waals surface area contributed by atoms with Gasteiger partial charge >= 0.3 is 18.1 Å². The van der Waals surface area contributed by atoms with Crippen LogP contribution < -0.4 is 5.73 Å². The fourth-order valence-electron chi connectivity index (χ4n) is 1.62. The third kappa shape index (κ3) is 8.46. The molecule has 0 radical (unpaired) electrons. The zero-order chi connectivity index (χ0) is 20.3. The Balaban J connectivity index is 0.000000477. The lowest BCUT2D eigenvalue weighted by Gasteiger charge is -2.04. The number of aromatic nitrogens is 1. The molecule has 0 bridgehead atoms. The minimum Gasteiger partial charge on any atom is -0.480 e. The Bertz CT molecular complexity index is 700. The van der Waals surface area contributed by atoms with Crippen molar-refractivity contribution in [2.24, 2.45) is 5.73 Å². The second-order valence-corrected chi connectivity index (χ2v) is 4.76. The van der Waals surface area contributed by atoms with Gasteiger partial charge in [-0.2, -0.15) is 13.2 Å². The molecule has 2 aromatic rings. The summed E-state index contributed by atoms with van der Waals surface area (Å²) < 4.78 is 31.7. The number of nitrogens with one attached hydrogen (secondary N) is 1. The highest BCUT2D eigenvalue weighted by molar-refractivity contribution is 5.84. The van der Waals surface area contributed by atoms with E-state index in [1.54, 1.807) is 0 Å². The van der Waals surface area contributed by atoms with Crippen LogP contribution in [0.2, 0.25) is 0 Å². The molecule has 2 rings (SSSR count). The average molecular weight is 380 g/mol. The molecule has 7 N–H and O–H groups in total. The number of H-pyrrole nitrogens is 1. The lowest BCUT2D eigenvalue weighted by Crippen LogP contribution is -2.32. The van der Waals surface area contributed by atoms with Crippen molar-refractivity contribution in [1.82, 2.24) is 4.98 Å². The molecule has 0 aliphatic carbocycles. The third-order valence-electron chi connectivity index (χ3n) is 2.77. The minimum atomic E-state index is -5.08. The Kier molecular flexibility index (Phi) is 9.96. The van der Waals surface area contributed by atoms with E-state index in [-0.39, 0.29) is 13.2 Å². The zero-order valence-electron chi connectivity index (χ0n) is 13.4. The van der Waals surface area contributed by atoms with Crippen molar-refractivity contribution in [1.29, 1.82) is 0 Å². The van der Waals surface area contributed by atoms with E-state index < -0.39 is 24.2 Å². The number of para-hydroxylation sites is 1. The Morgan fingerprint density at radius 2 is 1.62 bits per heavy atom. The summed E-state index contributed by atoms with van der Waals surface area (Å²) in [7, 11) is 0. The number of rotatable bonds is 4. The number of nitrogens with two attached hydrogens (primary N) is 1. The van der Waals surface area contributed by atoms with Crippen molar-refractivity contribution < 1.29 is 43.2 Å². The molecule has 11 heteroatoms. The van der Waals surface area contributed by atoms with Gasteiger partial charge in [-0.25, -0.2) is 4.79 Å². The van der Waals surface area contributed by atoms with Gasteiger partial charge < -0.3 is 31.1 Å². The fraction of sp³-hybridized carbons (Fsp3) is 0.333. The standard InChI is InChI=1S/C11H12N2O2.C2HF3O2.C2H6O2/c12-9(11(14)15)5-7-6-13-10-4-2-1-3-8(7)10;3-2(4,5)1(6)7;3-1-2-4/h1-4,6,9,13H,5,12H2,(H,14,15);(H,6,7);3-4H,1-2H2. The van der Waals surface area contributed by atoms with E-state index in [2.05, 4.69) is 4.98 Å². The van der Waals surface area contributed by atoms with Crippen LogP contribution >= 0.6 is 0 Å². The maximum absolute atomic E-state index is 10.6. The van der Waals surface area contributed by atoms with E-state index >= 15 is 0 Å². The van der Waals surface area contributed by atoms with Gasteiger partial charge in [0.2, 0.25) is 0 Å². The molecular weight excluding hydrogens is 361 g/mol. The Hall–Kier alpha value is -2.63. The largest absolute Gasteiger partial charge is 0.490 e. The van der Waals surface area contributed by atoms with Crippen molar-refractivity contribution >= 4 is 22.8 Å². The number of aromatic amines is 1. The molecule has 0 saturated heterocycles. The van der Waals surface area contributed by atoms with E-state index in [1.165, 1.54) is 0 Å². The molecule has 0 aliphatic rings. The van der Waals surface area contributed by atoms with Crippen LogP contribution in [0.5, 0.6) is 0 Å². The number of aliphatic hydroxyl groups excluding tert-OH is 2. The van der Waals surface area contributed by atoms with Crippen molar-refractivity contribution in [3.8, 4) is 0 Å².